The van der Waals surface area contributed by atoms with Crippen molar-refractivity contribution in [2.24, 2.45) is 5.73 Å². The maximum Gasteiger partial charge on any atom is 0.244 e. The molecule has 1 aliphatic rings. The van der Waals surface area contributed by atoms with Gasteiger partial charge in [0, 0.05) is 42.9 Å². The highest BCUT2D eigenvalue weighted by Gasteiger charge is 2.36. The molecule has 0 atom stereocenters. The van der Waals surface area contributed by atoms with E-state index in [9.17, 15) is 4.79 Å². The van der Waals surface area contributed by atoms with Crippen molar-refractivity contribution in [1.82, 2.24) is 4.98 Å². The average molecular weight is 430 g/mol. The van der Waals surface area contributed by atoms with E-state index in [1.54, 1.807) is 37.7 Å². The predicted molar refractivity (Wildman–Crippen MR) is 112 cm³/mol. The first kappa shape index (κ1) is 24.0. The first-order valence-electron chi connectivity index (χ1n) is 8.48. The van der Waals surface area contributed by atoms with Gasteiger partial charge >= 0.3 is 0 Å². The minimum absolute atomic E-state index is 0. The minimum Gasteiger partial charge on any atom is -0.493 e. The van der Waals surface area contributed by atoms with Crippen LogP contribution in [0, 0.1) is 0 Å². The van der Waals surface area contributed by atoms with E-state index < -0.39 is 5.54 Å². The van der Waals surface area contributed by atoms with Crippen molar-refractivity contribution in [2.45, 2.75) is 25.0 Å². The van der Waals surface area contributed by atoms with E-state index in [1.165, 1.54) is 0 Å². The van der Waals surface area contributed by atoms with Gasteiger partial charge in [0.1, 0.15) is 12.1 Å². The largest absolute Gasteiger partial charge is 0.493 e. The molecule has 1 aliphatic heterocycles. The Hall–Kier alpha value is -2.06. The molecule has 7 nitrogen and oxygen atoms in total. The van der Waals surface area contributed by atoms with Gasteiger partial charge in [-0.05, 0) is 31.0 Å². The Kier molecular flexibility index (Phi) is 9.48. The number of aromatic nitrogens is 1. The number of anilines is 1. The van der Waals surface area contributed by atoms with E-state index in [4.69, 9.17) is 19.9 Å². The highest BCUT2D eigenvalue weighted by Crippen LogP contribution is 2.31. The van der Waals surface area contributed by atoms with Gasteiger partial charge in [0.15, 0.2) is 11.5 Å². The molecular weight excluding hydrogens is 405 g/mol. The number of ether oxygens (including phenoxy) is 3. The molecule has 3 rings (SSSR count). The third-order valence-electron chi connectivity index (χ3n) is 4.38. The van der Waals surface area contributed by atoms with Crippen LogP contribution in [0.25, 0.3) is 0 Å². The fraction of sp³-hybridized carbons (Fsp3) is 0.368. The molecule has 1 aromatic heterocycles. The van der Waals surface area contributed by atoms with Gasteiger partial charge in [0.05, 0.1) is 7.11 Å². The van der Waals surface area contributed by atoms with Crippen molar-refractivity contribution >= 4 is 36.4 Å². The number of carbonyl (C=O) groups is 1. The van der Waals surface area contributed by atoms with Gasteiger partial charge in [-0.15, -0.1) is 24.8 Å². The summed E-state index contributed by atoms with van der Waals surface area (Å²) in [6.45, 7) is 1.33. The number of rotatable bonds is 6. The van der Waals surface area contributed by atoms with Gasteiger partial charge in [0.25, 0.3) is 0 Å². The summed E-state index contributed by atoms with van der Waals surface area (Å²) in [7, 11) is 1.57. The quantitative estimate of drug-likeness (QED) is 0.732. The topological polar surface area (TPSA) is 95.7 Å². The molecule has 2 aromatic rings. The summed E-state index contributed by atoms with van der Waals surface area (Å²) in [4.78, 5) is 16.6. The SMILES string of the molecule is COc1ccc(NC(=O)C2(N)CCOCC2)cc1OCc1cccnc1.Cl.Cl. The zero-order valence-corrected chi connectivity index (χ0v) is 17.2. The maximum atomic E-state index is 12.6. The van der Waals surface area contributed by atoms with Crippen LogP contribution in [0.1, 0.15) is 18.4 Å². The lowest BCUT2D eigenvalue weighted by Crippen LogP contribution is -2.54. The summed E-state index contributed by atoms with van der Waals surface area (Å²) < 4.78 is 16.5. The number of hydrogen-bond donors (Lipinski definition) is 2. The van der Waals surface area contributed by atoms with Crippen molar-refractivity contribution < 1.29 is 19.0 Å². The molecule has 28 heavy (non-hydrogen) atoms. The number of halogens is 2. The lowest BCUT2D eigenvalue weighted by Gasteiger charge is -2.31. The van der Waals surface area contributed by atoms with Crippen LogP contribution in [0.4, 0.5) is 5.69 Å². The predicted octanol–water partition coefficient (Wildman–Crippen LogP) is 2.96. The van der Waals surface area contributed by atoms with Crippen LogP contribution in [0.5, 0.6) is 11.5 Å². The lowest BCUT2D eigenvalue weighted by atomic mass is 9.90. The zero-order chi connectivity index (χ0) is 18.4. The van der Waals surface area contributed by atoms with E-state index in [2.05, 4.69) is 10.3 Å². The van der Waals surface area contributed by atoms with Crippen molar-refractivity contribution in [2.75, 3.05) is 25.6 Å². The molecule has 1 fully saturated rings. The second kappa shape index (κ2) is 11.1. The average Bonchev–Trinajstić information content (AvgIpc) is 2.68. The summed E-state index contributed by atoms with van der Waals surface area (Å²) >= 11 is 0. The third-order valence-corrected chi connectivity index (χ3v) is 4.38. The van der Waals surface area contributed by atoms with E-state index in [1.807, 2.05) is 12.1 Å². The molecule has 1 amide bonds. The summed E-state index contributed by atoms with van der Waals surface area (Å²) in [5.74, 6) is 0.900. The van der Waals surface area contributed by atoms with Crippen LogP contribution in [0.3, 0.4) is 0 Å². The van der Waals surface area contributed by atoms with E-state index in [0.717, 1.165) is 5.56 Å². The number of nitrogens with two attached hydrogens (primary N) is 1. The first-order chi connectivity index (χ1) is 12.6. The Morgan fingerprint density at radius 1 is 1.25 bits per heavy atom. The number of benzene rings is 1. The van der Waals surface area contributed by atoms with Gasteiger partial charge < -0.3 is 25.3 Å². The normalized spacial score (nSPS) is 14.8. The van der Waals surface area contributed by atoms with Gasteiger partial charge in [-0.25, -0.2) is 0 Å². The minimum atomic E-state index is -0.908. The van der Waals surface area contributed by atoms with Crippen LogP contribution in [-0.4, -0.2) is 36.8 Å². The third kappa shape index (κ3) is 5.97. The molecule has 0 bridgehead atoms. The Bertz CT molecular complexity index is 756. The lowest BCUT2D eigenvalue weighted by molar-refractivity contribution is -0.124. The monoisotopic (exact) mass is 429 g/mol. The van der Waals surface area contributed by atoms with Gasteiger partial charge in [-0.3, -0.25) is 9.78 Å². The van der Waals surface area contributed by atoms with Gasteiger partial charge in [-0.1, -0.05) is 6.07 Å². The Balaban J connectivity index is 0.00000196. The summed E-state index contributed by atoms with van der Waals surface area (Å²) in [5.41, 5.74) is 6.86. The number of nitrogens with zero attached hydrogens (tertiary/aromatic N) is 1. The number of carbonyl (C=O) groups excluding carboxylic acids is 1. The molecule has 2 heterocycles. The van der Waals surface area contributed by atoms with Gasteiger partial charge in [-0.2, -0.15) is 0 Å². The molecule has 0 unspecified atom stereocenters. The smallest absolute Gasteiger partial charge is 0.244 e. The number of nitrogens with one attached hydrogen (secondary N) is 1. The van der Waals surface area contributed by atoms with Crippen molar-refractivity contribution in [3.05, 3.63) is 48.3 Å². The zero-order valence-electron chi connectivity index (χ0n) is 15.6. The van der Waals surface area contributed by atoms with Crippen LogP contribution in [0.15, 0.2) is 42.7 Å². The summed E-state index contributed by atoms with van der Waals surface area (Å²) in [6, 6.07) is 9.02. The molecule has 1 saturated heterocycles. The van der Waals surface area contributed by atoms with Crippen molar-refractivity contribution in [1.29, 1.82) is 0 Å². The molecule has 0 aliphatic carbocycles. The highest BCUT2D eigenvalue weighted by atomic mass is 35.5. The number of methoxy groups -OCH3 is 1. The maximum absolute atomic E-state index is 12.6. The highest BCUT2D eigenvalue weighted by molar-refractivity contribution is 5.98. The standard InChI is InChI=1S/C19H23N3O4.2ClH/c1-24-16-5-4-15(22-18(23)19(20)6-9-25-10-7-19)11-17(16)26-13-14-3-2-8-21-12-14;;/h2-5,8,11-12H,6-7,9-10,13,20H2,1H3,(H,22,23);2*1H. The molecule has 1 aromatic carbocycles. The number of pyridine rings is 1. The molecule has 0 spiro atoms. The van der Waals surface area contributed by atoms with Crippen LogP contribution >= 0.6 is 24.8 Å². The van der Waals surface area contributed by atoms with E-state index >= 15 is 0 Å². The molecule has 154 valence electrons. The summed E-state index contributed by atoms with van der Waals surface area (Å²) in [6.07, 6.45) is 4.44. The second-order valence-electron chi connectivity index (χ2n) is 6.24. The molecule has 0 radical (unpaired) electrons. The number of amides is 1. The van der Waals surface area contributed by atoms with Crippen molar-refractivity contribution in [3.63, 3.8) is 0 Å². The van der Waals surface area contributed by atoms with Crippen molar-refractivity contribution in [3.8, 4) is 11.5 Å². The Morgan fingerprint density at radius 2 is 2.00 bits per heavy atom. The Labute approximate surface area is 176 Å². The molecule has 0 saturated carbocycles. The van der Waals surface area contributed by atoms with Gasteiger partial charge in [0.2, 0.25) is 5.91 Å². The Morgan fingerprint density at radius 3 is 2.64 bits per heavy atom. The molecule has 9 heteroatoms. The fourth-order valence-electron chi connectivity index (χ4n) is 2.73. The van der Waals surface area contributed by atoms with Crippen LogP contribution in [0.2, 0.25) is 0 Å². The number of hydrogen-bond acceptors (Lipinski definition) is 6. The summed E-state index contributed by atoms with van der Waals surface area (Å²) in [5, 5.41) is 2.87. The molecule has 3 N–H and O–H groups in total. The fourth-order valence-corrected chi connectivity index (χ4v) is 2.73. The van der Waals surface area contributed by atoms with Crippen LogP contribution in [-0.2, 0) is 16.1 Å². The van der Waals surface area contributed by atoms with E-state index in [0.29, 0.717) is 49.8 Å². The first-order valence-corrected chi connectivity index (χ1v) is 8.48. The second-order valence-corrected chi connectivity index (χ2v) is 6.24. The van der Waals surface area contributed by atoms with E-state index in [-0.39, 0.29) is 30.7 Å². The van der Waals surface area contributed by atoms with Crippen LogP contribution < -0.4 is 20.5 Å². The molecular formula is C19H25Cl2N3O4.